The van der Waals surface area contributed by atoms with Crippen molar-refractivity contribution in [3.05, 3.63) is 108 Å². The lowest BCUT2D eigenvalue weighted by atomic mass is 9.80. The highest BCUT2D eigenvalue weighted by atomic mass is 16.5. The van der Waals surface area contributed by atoms with Gasteiger partial charge in [-0.25, -0.2) is 0 Å². The zero-order valence-electron chi connectivity index (χ0n) is 16.9. The van der Waals surface area contributed by atoms with E-state index in [1.165, 1.54) is 0 Å². The first-order valence-corrected chi connectivity index (χ1v) is 10.3. The topological polar surface area (TPSA) is 49.7 Å². The zero-order chi connectivity index (χ0) is 20.5. The zero-order valence-corrected chi connectivity index (χ0v) is 16.9. The molecule has 0 aliphatic carbocycles. The van der Waals surface area contributed by atoms with Crippen LogP contribution in [0.5, 0.6) is 0 Å². The van der Waals surface area contributed by atoms with Gasteiger partial charge in [0.05, 0.1) is 12.7 Å². The highest BCUT2D eigenvalue weighted by Gasteiger charge is 2.38. The molecule has 152 valence electrons. The maximum Gasteiger partial charge on any atom is 0.143 e. The fourth-order valence-electron chi connectivity index (χ4n) is 3.70. The Kier molecular flexibility index (Phi) is 7.59. The third-order valence-electron chi connectivity index (χ3n) is 5.31. The summed E-state index contributed by atoms with van der Waals surface area (Å²) in [6, 6.07) is 30.1. The monoisotopic (exact) mass is 390 g/mol. The third-order valence-corrected chi connectivity index (χ3v) is 5.31. The van der Waals surface area contributed by atoms with Gasteiger partial charge in [-0.2, -0.15) is 0 Å². The van der Waals surface area contributed by atoms with Crippen LogP contribution in [0.4, 0.5) is 0 Å². The summed E-state index contributed by atoms with van der Waals surface area (Å²) < 4.78 is 6.54. The Morgan fingerprint density at radius 2 is 1.10 bits per heavy atom. The largest absolute Gasteiger partial charge is 0.390 e. The van der Waals surface area contributed by atoms with Crippen LogP contribution in [0.3, 0.4) is 0 Å². The molecule has 29 heavy (non-hydrogen) atoms. The van der Waals surface area contributed by atoms with E-state index in [-0.39, 0.29) is 6.61 Å². The fourth-order valence-corrected chi connectivity index (χ4v) is 3.70. The molecule has 2 atom stereocenters. The fraction of sp³-hybridized carbons (Fsp3) is 0.308. The van der Waals surface area contributed by atoms with Gasteiger partial charge in [0.1, 0.15) is 11.7 Å². The van der Waals surface area contributed by atoms with E-state index >= 15 is 0 Å². The van der Waals surface area contributed by atoms with Crippen LogP contribution in [0, 0.1) is 0 Å². The summed E-state index contributed by atoms with van der Waals surface area (Å²) in [4.78, 5) is 0. The molecule has 3 aromatic rings. The molecule has 0 aromatic heterocycles. The number of rotatable bonds is 10. The Hall–Kier alpha value is -2.46. The Bertz CT molecular complexity index is 737. The maximum atomic E-state index is 10.6. The number of ether oxygens (including phenoxy) is 1. The molecule has 0 radical (unpaired) electrons. The molecule has 0 bridgehead atoms. The Balaban J connectivity index is 2.03. The molecular weight excluding hydrogens is 360 g/mol. The van der Waals surface area contributed by atoms with Gasteiger partial charge in [0, 0.05) is 0 Å². The van der Waals surface area contributed by atoms with Crippen LogP contribution >= 0.6 is 0 Å². The molecule has 2 N–H and O–H groups in total. The maximum absolute atomic E-state index is 10.6. The molecule has 0 saturated carbocycles. The molecule has 3 heteroatoms. The highest BCUT2D eigenvalue weighted by Crippen LogP contribution is 2.40. The molecule has 2 unspecified atom stereocenters. The second kappa shape index (κ2) is 10.4. The molecule has 3 nitrogen and oxygen atoms in total. The number of aliphatic hydroxyl groups excluding tert-OH is 2. The molecule has 0 aliphatic heterocycles. The van der Waals surface area contributed by atoms with E-state index in [0.29, 0.717) is 6.42 Å². The second-order valence-corrected chi connectivity index (χ2v) is 7.37. The van der Waals surface area contributed by atoms with Gasteiger partial charge in [0.15, 0.2) is 0 Å². The summed E-state index contributed by atoms with van der Waals surface area (Å²) in [5, 5.41) is 20.9. The lowest BCUT2D eigenvalue weighted by Crippen LogP contribution is -2.39. The Morgan fingerprint density at radius 3 is 1.48 bits per heavy atom. The average Bonchev–Trinajstić information content (AvgIpc) is 2.80. The van der Waals surface area contributed by atoms with Gasteiger partial charge in [-0.1, -0.05) is 111 Å². The highest BCUT2D eigenvalue weighted by molar-refractivity contribution is 5.47. The van der Waals surface area contributed by atoms with E-state index in [2.05, 4.69) is 6.92 Å². The quantitative estimate of drug-likeness (QED) is 0.484. The van der Waals surface area contributed by atoms with Gasteiger partial charge < -0.3 is 14.9 Å². The van der Waals surface area contributed by atoms with E-state index in [9.17, 15) is 10.2 Å². The van der Waals surface area contributed by atoms with Crippen molar-refractivity contribution in [1.82, 2.24) is 0 Å². The molecule has 0 amide bonds. The molecule has 0 aliphatic rings. The molecule has 0 spiro atoms. The average molecular weight is 391 g/mol. The van der Waals surface area contributed by atoms with Crippen molar-refractivity contribution in [2.75, 3.05) is 6.61 Å². The molecule has 3 rings (SSSR count). The molecule has 0 fully saturated rings. The number of hydrogen-bond acceptors (Lipinski definition) is 3. The van der Waals surface area contributed by atoms with E-state index in [1.807, 2.05) is 91.0 Å². The van der Waals surface area contributed by atoms with Crippen molar-refractivity contribution in [3.63, 3.8) is 0 Å². The Labute approximate surface area is 173 Å². The first-order valence-electron chi connectivity index (χ1n) is 10.3. The first-order chi connectivity index (χ1) is 14.2. The van der Waals surface area contributed by atoms with Crippen molar-refractivity contribution in [1.29, 1.82) is 0 Å². The van der Waals surface area contributed by atoms with Crippen molar-refractivity contribution < 1.29 is 14.9 Å². The normalized spacial score (nSPS) is 13.8. The van der Waals surface area contributed by atoms with Gasteiger partial charge in [-0.05, 0) is 23.1 Å². The molecule has 3 aromatic carbocycles. The van der Waals surface area contributed by atoms with Gasteiger partial charge in [-0.15, -0.1) is 0 Å². The lowest BCUT2D eigenvalue weighted by molar-refractivity contribution is -0.0801. The smallest absolute Gasteiger partial charge is 0.143 e. The van der Waals surface area contributed by atoms with Gasteiger partial charge in [0.2, 0.25) is 0 Å². The van der Waals surface area contributed by atoms with Crippen LogP contribution in [0.15, 0.2) is 91.0 Å². The molecular formula is C26H30O3. The summed E-state index contributed by atoms with van der Waals surface area (Å²) >= 11 is 0. The first kappa shape index (κ1) is 21.3. The minimum atomic E-state index is -0.947. The van der Waals surface area contributed by atoms with E-state index in [4.69, 9.17) is 4.74 Å². The predicted molar refractivity (Wildman–Crippen MR) is 117 cm³/mol. The number of unbranched alkanes of at least 4 members (excludes halogenated alkanes) is 1. The van der Waals surface area contributed by atoms with Crippen molar-refractivity contribution in [2.45, 2.75) is 44.0 Å². The van der Waals surface area contributed by atoms with Crippen LogP contribution in [-0.4, -0.2) is 29.0 Å². The summed E-state index contributed by atoms with van der Waals surface area (Å²) in [6.45, 7) is 2.10. The van der Waals surface area contributed by atoms with E-state index < -0.39 is 17.8 Å². The molecule has 0 saturated heterocycles. The van der Waals surface area contributed by atoms with E-state index in [0.717, 1.165) is 29.5 Å². The minimum absolute atomic E-state index is 0.0313. The van der Waals surface area contributed by atoms with Gasteiger partial charge >= 0.3 is 0 Å². The summed E-state index contributed by atoms with van der Waals surface area (Å²) in [6.07, 6.45) is 0.675. The number of hydrogen-bond donors (Lipinski definition) is 2. The number of aliphatic hydroxyl groups is 2. The van der Waals surface area contributed by atoms with Crippen molar-refractivity contribution in [3.8, 4) is 0 Å². The minimum Gasteiger partial charge on any atom is -0.390 e. The van der Waals surface area contributed by atoms with E-state index in [1.54, 1.807) is 0 Å². The van der Waals surface area contributed by atoms with Crippen LogP contribution in [0.2, 0.25) is 0 Å². The lowest BCUT2D eigenvalue weighted by Gasteiger charge is -2.37. The predicted octanol–water partition coefficient (Wildman–Crippen LogP) is 4.91. The Morgan fingerprint density at radius 1 is 0.690 bits per heavy atom. The molecule has 0 heterocycles. The third kappa shape index (κ3) is 4.94. The van der Waals surface area contributed by atoms with Gasteiger partial charge in [0.25, 0.3) is 0 Å². The van der Waals surface area contributed by atoms with Gasteiger partial charge in [-0.3, -0.25) is 0 Å². The van der Waals surface area contributed by atoms with Crippen molar-refractivity contribution >= 4 is 0 Å². The summed E-state index contributed by atoms with van der Waals surface area (Å²) in [5.74, 6) is 0. The van der Waals surface area contributed by atoms with Crippen LogP contribution in [0.25, 0.3) is 0 Å². The SMILES string of the molecule is CCCCC(O)C(O)COC(c1ccccc1)(c1ccccc1)c1ccccc1. The van der Waals surface area contributed by atoms with Crippen LogP contribution < -0.4 is 0 Å². The summed E-state index contributed by atoms with van der Waals surface area (Å²) in [7, 11) is 0. The van der Waals surface area contributed by atoms with Crippen LogP contribution in [0.1, 0.15) is 42.9 Å². The number of benzene rings is 3. The standard InChI is InChI=1S/C26H30O3/c1-2-3-19-24(27)25(28)20-29-26(21-13-7-4-8-14-21,22-15-9-5-10-16-22)23-17-11-6-12-18-23/h4-18,24-25,27-28H,2-3,19-20H2,1H3. The van der Waals surface area contributed by atoms with Crippen molar-refractivity contribution in [2.24, 2.45) is 0 Å². The second-order valence-electron chi connectivity index (χ2n) is 7.37. The summed E-state index contributed by atoms with van der Waals surface area (Å²) in [5.41, 5.74) is 2.06. The van der Waals surface area contributed by atoms with Crippen LogP contribution in [-0.2, 0) is 10.3 Å².